The summed E-state index contributed by atoms with van der Waals surface area (Å²) in [6.07, 6.45) is 3.67. The van der Waals surface area contributed by atoms with Crippen LogP contribution in [0.15, 0.2) is 79.1 Å². The second-order valence-corrected chi connectivity index (χ2v) is 8.12. The quantitative estimate of drug-likeness (QED) is 0.366. The molecular formula is C27H25N5O2. The van der Waals surface area contributed by atoms with Gasteiger partial charge in [0.1, 0.15) is 5.82 Å². The lowest BCUT2D eigenvalue weighted by Crippen LogP contribution is -2.17. The fraction of sp³-hybridized carbons (Fsp3) is 0.111. The first-order valence-corrected chi connectivity index (χ1v) is 10.8. The Hall–Kier alpha value is -4.52. The summed E-state index contributed by atoms with van der Waals surface area (Å²) >= 11 is 0. The Labute approximate surface area is 198 Å². The van der Waals surface area contributed by atoms with Crippen LogP contribution in [0.2, 0.25) is 0 Å². The number of carbonyl (C=O) groups is 2. The number of anilines is 3. The highest BCUT2D eigenvalue weighted by molar-refractivity contribution is 6.09. The van der Waals surface area contributed by atoms with Crippen LogP contribution in [0.3, 0.4) is 0 Å². The van der Waals surface area contributed by atoms with Crippen LogP contribution in [0, 0.1) is 13.8 Å². The van der Waals surface area contributed by atoms with E-state index in [0.29, 0.717) is 40.4 Å². The largest absolute Gasteiger partial charge is 0.399 e. The number of nitrogens with one attached hydrogen (secondary N) is 2. The van der Waals surface area contributed by atoms with Crippen molar-refractivity contribution in [3.05, 3.63) is 113 Å². The number of hydrogen-bond donors (Lipinski definition) is 3. The first-order valence-electron chi connectivity index (χ1n) is 10.8. The van der Waals surface area contributed by atoms with Gasteiger partial charge >= 0.3 is 0 Å². The van der Waals surface area contributed by atoms with Crippen molar-refractivity contribution in [2.75, 3.05) is 16.4 Å². The topological polar surface area (TPSA) is 110 Å². The van der Waals surface area contributed by atoms with E-state index >= 15 is 0 Å². The summed E-state index contributed by atoms with van der Waals surface area (Å²) in [5.74, 6) is -0.00151. The van der Waals surface area contributed by atoms with E-state index in [9.17, 15) is 9.59 Å². The number of amides is 2. The number of hydrogen-bond acceptors (Lipinski definition) is 5. The smallest absolute Gasteiger partial charge is 0.256 e. The number of carbonyl (C=O) groups excluding carboxylic acids is 2. The minimum absolute atomic E-state index is 0.283. The molecule has 0 aliphatic rings. The van der Waals surface area contributed by atoms with Crippen molar-refractivity contribution in [1.82, 2.24) is 9.97 Å². The molecule has 7 heteroatoms. The molecule has 4 rings (SSSR count). The highest BCUT2D eigenvalue weighted by atomic mass is 16.2. The Morgan fingerprint density at radius 1 is 0.824 bits per heavy atom. The molecule has 1 heterocycles. The molecule has 4 aromatic rings. The molecule has 2 amide bonds. The van der Waals surface area contributed by atoms with Crippen LogP contribution in [-0.2, 0) is 6.42 Å². The second-order valence-electron chi connectivity index (χ2n) is 8.12. The van der Waals surface area contributed by atoms with Crippen LogP contribution in [0.4, 0.5) is 17.1 Å². The zero-order valence-corrected chi connectivity index (χ0v) is 19.0. The Morgan fingerprint density at radius 3 is 2.29 bits per heavy atom. The second kappa shape index (κ2) is 9.95. The van der Waals surface area contributed by atoms with Gasteiger partial charge in [0.25, 0.3) is 11.8 Å². The lowest BCUT2D eigenvalue weighted by Gasteiger charge is -2.11. The molecule has 0 radical (unpaired) electrons. The number of aromatic nitrogens is 2. The lowest BCUT2D eigenvalue weighted by molar-refractivity contribution is 0.102. The number of nitrogens with two attached hydrogens (primary N) is 1. The lowest BCUT2D eigenvalue weighted by atomic mass is 10.0. The zero-order chi connectivity index (χ0) is 24.1. The van der Waals surface area contributed by atoms with Crippen LogP contribution < -0.4 is 16.4 Å². The molecule has 0 aliphatic heterocycles. The molecule has 34 heavy (non-hydrogen) atoms. The molecule has 0 aliphatic carbocycles. The Morgan fingerprint density at radius 2 is 1.56 bits per heavy atom. The van der Waals surface area contributed by atoms with Crippen molar-refractivity contribution in [2.24, 2.45) is 0 Å². The number of nitrogen functional groups attached to an aromatic ring is 1. The van der Waals surface area contributed by atoms with E-state index in [0.717, 1.165) is 16.7 Å². The first kappa shape index (κ1) is 22.7. The van der Waals surface area contributed by atoms with Crippen molar-refractivity contribution in [3.8, 4) is 0 Å². The van der Waals surface area contributed by atoms with E-state index in [2.05, 4.69) is 20.6 Å². The molecule has 7 nitrogen and oxygen atoms in total. The highest BCUT2D eigenvalue weighted by Gasteiger charge is 2.14. The predicted molar refractivity (Wildman–Crippen MR) is 134 cm³/mol. The van der Waals surface area contributed by atoms with Crippen LogP contribution in [0.1, 0.15) is 43.2 Å². The van der Waals surface area contributed by atoms with Crippen molar-refractivity contribution >= 4 is 28.9 Å². The summed E-state index contributed by atoms with van der Waals surface area (Å²) < 4.78 is 0. The van der Waals surface area contributed by atoms with Crippen LogP contribution >= 0.6 is 0 Å². The maximum Gasteiger partial charge on any atom is 0.256 e. The zero-order valence-electron chi connectivity index (χ0n) is 19.0. The molecule has 0 fully saturated rings. The van der Waals surface area contributed by atoms with Gasteiger partial charge in [-0.15, -0.1) is 0 Å². The maximum absolute atomic E-state index is 12.9. The molecule has 0 spiro atoms. The summed E-state index contributed by atoms with van der Waals surface area (Å²) in [4.78, 5) is 34.3. The van der Waals surface area contributed by atoms with Gasteiger partial charge in [0.05, 0.1) is 18.1 Å². The van der Waals surface area contributed by atoms with E-state index in [-0.39, 0.29) is 11.8 Å². The molecular weight excluding hydrogens is 426 g/mol. The molecule has 170 valence electrons. The van der Waals surface area contributed by atoms with Crippen molar-refractivity contribution in [1.29, 1.82) is 0 Å². The van der Waals surface area contributed by atoms with Crippen LogP contribution in [-0.4, -0.2) is 21.8 Å². The summed E-state index contributed by atoms with van der Waals surface area (Å²) in [7, 11) is 0. The number of aryl methyl sites for hydroxylation is 2. The van der Waals surface area contributed by atoms with Gasteiger partial charge < -0.3 is 16.4 Å². The van der Waals surface area contributed by atoms with Crippen LogP contribution in [0.5, 0.6) is 0 Å². The number of rotatable bonds is 6. The molecule has 0 unspecified atom stereocenters. The van der Waals surface area contributed by atoms with Crippen LogP contribution in [0.25, 0.3) is 0 Å². The van der Waals surface area contributed by atoms with Gasteiger partial charge in [0.2, 0.25) is 0 Å². The summed E-state index contributed by atoms with van der Waals surface area (Å²) in [6, 6.07) is 20.1. The number of benzene rings is 3. The molecule has 4 N–H and O–H groups in total. The van der Waals surface area contributed by atoms with Gasteiger partial charge in [0.15, 0.2) is 0 Å². The van der Waals surface area contributed by atoms with Crippen molar-refractivity contribution in [3.63, 3.8) is 0 Å². The fourth-order valence-corrected chi connectivity index (χ4v) is 3.53. The average molecular weight is 452 g/mol. The number of nitrogens with zero attached hydrogens (tertiary/aromatic N) is 2. The minimum Gasteiger partial charge on any atom is -0.399 e. The van der Waals surface area contributed by atoms with E-state index in [4.69, 9.17) is 5.73 Å². The molecule has 0 bridgehead atoms. The molecule has 3 aromatic carbocycles. The summed E-state index contributed by atoms with van der Waals surface area (Å²) in [5.41, 5.74) is 11.3. The van der Waals surface area contributed by atoms with Gasteiger partial charge in [-0.1, -0.05) is 30.3 Å². The predicted octanol–water partition coefficient (Wildman–Crippen LogP) is 4.77. The third-order valence-electron chi connectivity index (χ3n) is 5.30. The maximum atomic E-state index is 12.9. The van der Waals surface area contributed by atoms with Gasteiger partial charge in [-0.2, -0.15) is 0 Å². The third kappa shape index (κ3) is 5.63. The van der Waals surface area contributed by atoms with Crippen molar-refractivity contribution < 1.29 is 9.59 Å². The molecule has 0 saturated heterocycles. The normalized spacial score (nSPS) is 10.5. The molecule has 0 saturated carbocycles. The third-order valence-corrected chi connectivity index (χ3v) is 5.30. The van der Waals surface area contributed by atoms with Crippen molar-refractivity contribution in [2.45, 2.75) is 20.3 Å². The van der Waals surface area contributed by atoms with Gasteiger partial charge in [-0.3, -0.25) is 9.59 Å². The van der Waals surface area contributed by atoms with E-state index in [1.807, 2.05) is 62.4 Å². The Balaban J connectivity index is 1.44. The summed E-state index contributed by atoms with van der Waals surface area (Å²) in [6.45, 7) is 3.78. The van der Waals surface area contributed by atoms with E-state index in [1.54, 1.807) is 30.6 Å². The molecule has 0 atom stereocenters. The molecule has 1 aromatic heterocycles. The first-order chi connectivity index (χ1) is 16.4. The average Bonchev–Trinajstić information content (AvgIpc) is 2.80. The van der Waals surface area contributed by atoms with Gasteiger partial charge in [-0.25, -0.2) is 9.97 Å². The Kier molecular flexibility index (Phi) is 6.64. The fourth-order valence-electron chi connectivity index (χ4n) is 3.53. The standard InChI is InChI=1S/C27H25N5O2/c1-17-5-3-8-22(11-17)31-26(33)20-10-9-18(2)24(14-20)27(34)32-23-15-29-25(30-16-23)13-19-6-4-7-21(28)12-19/h3-12,14-16H,13,28H2,1-2H3,(H,31,33)(H,32,34). The van der Waals surface area contributed by atoms with E-state index in [1.165, 1.54) is 0 Å². The highest BCUT2D eigenvalue weighted by Crippen LogP contribution is 2.17. The van der Waals surface area contributed by atoms with E-state index < -0.39 is 0 Å². The summed E-state index contributed by atoms with van der Waals surface area (Å²) in [5, 5.41) is 5.67. The Bertz CT molecular complexity index is 1350. The van der Waals surface area contributed by atoms with Gasteiger partial charge in [-0.05, 0) is 66.9 Å². The van der Waals surface area contributed by atoms with Gasteiger partial charge in [0, 0.05) is 28.9 Å². The monoisotopic (exact) mass is 451 g/mol. The minimum atomic E-state index is -0.338. The SMILES string of the molecule is Cc1cccc(NC(=O)c2ccc(C)c(C(=O)Nc3cnc(Cc4cccc(N)c4)nc3)c2)c1.